The summed E-state index contributed by atoms with van der Waals surface area (Å²) < 4.78 is 11.3. The number of aliphatic hydroxyl groups is 5. The maximum Gasteiger partial charge on any atom is 0.220 e. The van der Waals surface area contributed by atoms with E-state index in [0.717, 1.165) is 51.4 Å². The van der Waals surface area contributed by atoms with Crippen molar-refractivity contribution in [1.29, 1.82) is 0 Å². The number of allylic oxidation sites excluding steroid dienone is 6. The molecule has 7 unspecified atom stereocenters. The van der Waals surface area contributed by atoms with Crippen molar-refractivity contribution in [2.75, 3.05) is 13.2 Å². The van der Waals surface area contributed by atoms with Crippen LogP contribution in [0, 0.1) is 0 Å². The largest absolute Gasteiger partial charge is 0.394 e. The summed E-state index contributed by atoms with van der Waals surface area (Å²) in [5.74, 6) is -0.138. The molecule has 76 heavy (non-hydrogen) atoms. The van der Waals surface area contributed by atoms with Gasteiger partial charge in [0, 0.05) is 6.42 Å². The van der Waals surface area contributed by atoms with Gasteiger partial charge in [-0.25, -0.2) is 0 Å². The van der Waals surface area contributed by atoms with Crippen molar-refractivity contribution in [2.45, 2.75) is 371 Å². The first-order valence-electron chi connectivity index (χ1n) is 33.2. The van der Waals surface area contributed by atoms with Crippen LogP contribution in [0.4, 0.5) is 0 Å². The smallest absolute Gasteiger partial charge is 0.220 e. The predicted molar refractivity (Wildman–Crippen MR) is 323 cm³/mol. The molecule has 0 radical (unpaired) electrons. The van der Waals surface area contributed by atoms with Crippen molar-refractivity contribution in [2.24, 2.45) is 0 Å². The molecule has 1 aliphatic rings. The Morgan fingerprint density at radius 3 is 1.14 bits per heavy atom. The minimum atomic E-state index is -1.55. The van der Waals surface area contributed by atoms with Crippen LogP contribution in [0.15, 0.2) is 36.5 Å². The Kier molecular flexibility index (Phi) is 54.0. The monoisotopic (exact) mass is 1070 g/mol. The van der Waals surface area contributed by atoms with Crippen molar-refractivity contribution in [1.82, 2.24) is 5.32 Å². The van der Waals surface area contributed by atoms with Crippen molar-refractivity contribution in [3.63, 3.8) is 0 Å². The van der Waals surface area contributed by atoms with E-state index in [1.165, 1.54) is 250 Å². The van der Waals surface area contributed by atoms with Crippen LogP contribution in [0.3, 0.4) is 0 Å². The second-order valence-corrected chi connectivity index (χ2v) is 23.3. The molecule has 0 aromatic carbocycles. The zero-order valence-corrected chi connectivity index (χ0v) is 50.0. The number of aliphatic hydroxyl groups excluding tert-OH is 5. The van der Waals surface area contributed by atoms with Crippen LogP contribution in [0.1, 0.15) is 328 Å². The van der Waals surface area contributed by atoms with Crippen LogP contribution in [0.5, 0.6) is 0 Å². The molecule has 0 aromatic rings. The van der Waals surface area contributed by atoms with Gasteiger partial charge in [0.25, 0.3) is 0 Å². The third-order valence-electron chi connectivity index (χ3n) is 16.0. The summed E-state index contributed by atoms with van der Waals surface area (Å²) in [5.41, 5.74) is 0. The topological polar surface area (TPSA) is 149 Å². The van der Waals surface area contributed by atoms with Gasteiger partial charge >= 0.3 is 0 Å². The number of carbonyl (C=O) groups excluding carboxylic acids is 1. The van der Waals surface area contributed by atoms with Crippen molar-refractivity contribution in [3.8, 4) is 0 Å². The lowest BCUT2D eigenvalue weighted by atomic mass is 9.99. The van der Waals surface area contributed by atoms with Gasteiger partial charge in [-0.15, -0.1) is 0 Å². The van der Waals surface area contributed by atoms with E-state index in [4.69, 9.17) is 9.47 Å². The first-order chi connectivity index (χ1) is 37.3. The standard InChI is InChI=1S/C67H127NO8/c1-3-5-7-9-11-13-15-17-19-21-22-23-24-25-26-27-28-29-30-31-32-33-34-35-36-37-38-39-40-41-43-45-47-49-51-53-55-57-63(71)68-60(59-75-67-66(74)65(73)64(72)62(58-69)76-67)61(70)56-54-52-50-48-46-44-42-20-18-16-14-12-10-8-6-4-2/h15,17,21-22,24-25,60-62,64-67,69-70,72-74H,3-14,16,18-20,23,26-59H2,1-2H3,(H,68,71)/b17-15-,22-21-,25-24-. The Morgan fingerprint density at radius 2 is 0.776 bits per heavy atom. The summed E-state index contributed by atoms with van der Waals surface area (Å²) >= 11 is 0. The van der Waals surface area contributed by atoms with E-state index in [9.17, 15) is 30.3 Å². The van der Waals surface area contributed by atoms with Crippen LogP contribution >= 0.6 is 0 Å². The molecule has 0 aliphatic carbocycles. The van der Waals surface area contributed by atoms with Gasteiger partial charge in [-0.2, -0.15) is 0 Å². The second-order valence-electron chi connectivity index (χ2n) is 23.3. The number of carbonyl (C=O) groups is 1. The van der Waals surface area contributed by atoms with Crippen LogP contribution in [-0.2, 0) is 14.3 Å². The number of rotatable bonds is 58. The van der Waals surface area contributed by atoms with Crippen molar-refractivity contribution in [3.05, 3.63) is 36.5 Å². The molecule has 7 atom stereocenters. The Hall–Kier alpha value is -1.59. The van der Waals surface area contributed by atoms with E-state index in [-0.39, 0.29) is 12.5 Å². The Bertz CT molecular complexity index is 1290. The van der Waals surface area contributed by atoms with Gasteiger partial charge < -0.3 is 40.3 Å². The van der Waals surface area contributed by atoms with Crippen molar-refractivity contribution >= 4 is 5.91 Å². The quantitative estimate of drug-likeness (QED) is 0.0261. The highest BCUT2D eigenvalue weighted by molar-refractivity contribution is 5.76. The number of unbranched alkanes of at least 4 members (excludes halogenated alkanes) is 42. The fourth-order valence-electron chi connectivity index (χ4n) is 10.8. The molecule has 1 heterocycles. The Morgan fingerprint density at radius 1 is 0.447 bits per heavy atom. The first kappa shape index (κ1) is 72.4. The van der Waals surface area contributed by atoms with Gasteiger partial charge in [0.05, 0.1) is 25.4 Å². The number of amides is 1. The summed E-state index contributed by atoms with van der Waals surface area (Å²) in [7, 11) is 0. The summed E-state index contributed by atoms with van der Waals surface area (Å²) in [6.07, 6.45) is 67.8. The normalized spacial score (nSPS) is 19.0. The predicted octanol–water partition coefficient (Wildman–Crippen LogP) is 17.5. The van der Waals surface area contributed by atoms with E-state index in [0.29, 0.717) is 12.8 Å². The third-order valence-corrected chi connectivity index (χ3v) is 16.0. The molecule has 0 saturated carbocycles. The minimum absolute atomic E-state index is 0.134. The molecule has 1 aliphatic heterocycles. The van der Waals surface area contributed by atoms with Crippen LogP contribution < -0.4 is 5.32 Å². The summed E-state index contributed by atoms with van der Waals surface area (Å²) in [6, 6.07) is -0.717. The van der Waals surface area contributed by atoms with E-state index in [2.05, 4.69) is 55.6 Å². The first-order valence-corrected chi connectivity index (χ1v) is 33.2. The summed E-state index contributed by atoms with van der Waals surface area (Å²) in [5, 5.41) is 54.8. The molecule has 0 bridgehead atoms. The van der Waals surface area contributed by atoms with Gasteiger partial charge in [-0.3, -0.25) is 4.79 Å². The number of nitrogens with one attached hydrogen (secondary N) is 1. The molecule has 1 saturated heterocycles. The van der Waals surface area contributed by atoms with E-state index in [1.807, 2.05) is 0 Å². The molecule has 448 valence electrons. The molecule has 1 rings (SSSR count). The highest BCUT2D eigenvalue weighted by Gasteiger charge is 2.44. The molecule has 6 N–H and O–H groups in total. The number of hydrogen-bond acceptors (Lipinski definition) is 8. The molecule has 9 nitrogen and oxygen atoms in total. The van der Waals surface area contributed by atoms with Gasteiger partial charge in [0.2, 0.25) is 5.91 Å². The Balaban J connectivity index is 2.05. The average molecular weight is 1070 g/mol. The van der Waals surface area contributed by atoms with Crippen LogP contribution in [-0.4, -0.2) is 87.5 Å². The molecular weight excluding hydrogens is 947 g/mol. The molecule has 0 aromatic heterocycles. The zero-order chi connectivity index (χ0) is 55.0. The SMILES string of the molecule is CCCCCCC/C=C\C/C=C\C/C=C\CCCCCCCCCCCCCCCCCCCCCCCCC(=O)NC(COC1OC(CO)C(O)C(O)C1O)C(O)CCCCCCCCCCCCCCCCCC. The lowest BCUT2D eigenvalue weighted by Gasteiger charge is -2.40. The van der Waals surface area contributed by atoms with Crippen LogP contribution in [0.2, 0.25) is 0 Å². The van der Waals surface area contributed by atoms with Gasteiger partial charge in [-0.05, 0) is 51.4 Å². The average Bonchev–Trinajstić information content (AvgIpc) is 3.42. The zero-order valence-electron chi connectivity index (χ0n) is 50.0. The fraction of sp³-hybridized carbons (Fsp3) is 0.896. The van der Waals surface area contributed by atoms with Gasteiger partial charge in [0.1, 0.15) is 24.4 Å². The summed E-state index contributed by atoms with van der Waals surface area (Å²) in [6.45, 7) is 3.86. The number of hydrogen-bond donors (Lipinski definition) is 6. The number of ether oxygens (including phenoxy) is 2. The van der Waals surface area contributed by atoms with Gasteiger partial charge in [0.15, 0.2) is 6.29 Å². The van der Waals surface area contributed by atoms with Crippen molar-refractivity contribution < 1.29 is 39.8 Å². The molecular formula is C67H127NO8. The third kappa shape index (κ3) is 45.2. The minimum Gasteiger partial charge on any atom is -0.394 e. The van der Waals surface area contributed by atoms with E-state index < -0.39 is 49.5 Å². The molecule has 9 heteroatoms. The van der Waals surface area contributed by atoms with Crippen LogP contribution in [0.25, 0.3) is 0 Å². The van der Waals surface area contributed by atoms with E-state index in [1.54, 1.807) is 0 Å². The lowest BCUT2D eigenvalue weighted by Crippen LogP contribution is -2.60. The Labute approximate surface area is 470 Å². The van der Waals surface area contributed by atoms with Gasteiger partial charge in [-0.1, -0.05) is 307 Å². The highest BCUT2D eigenvalue weighted by Crippen LogP contribution is 2.24. The van der Waals surface area contributed by atoms with E-state index >= 15 is 0 Å². The molecule has 1 amide bonds. The lowest BCUT2D eigenvalue weighted by molar-refractivity contribution is -0.302. The second kappa shape index (κ2) is 56.7. The molecule has 1 fully saturated rings. The highest BCUT2D eigenvalue weighted by atomic mass is 16.7. The summed E-state index contributed by atoms with van der Waals surface area (Å²) in [4.78, 5) is 13.1. The fourth-order valence-corrected chi connectivity index (χ4v) is 10.8. The maximum absolute atomic E-state index is 13.1. The molecule has 0 spiro atoms. The maximum atomic E-state index is 13.1.